The van der Waals surface area contributed by atoms with Crippen LogP contribution in [0.15, 0.2) is 24.3 Å². The molecule has 0 heterocycles. The molecule has 102 valence electrons. The Labute approximate surface area is 116 Å². The van der Waals surface area contributed by atoms with E-state index in [1.165, 1.54) is 12.0 Å². The van der Waals surface area contributed by atoms with Crippen molar-refractivity contribution in [1.29, 1.82) is 0 Å². The van der Waals surface area contributed by atoms with Gasteiger partial charge in [0.25, 0.3) is 0 Å². The minimum atomic E-state index is 0.205. The zero-order chi connectivity index (χ0) is 13.6. The van der Waals surface area contributed by atoms with E-state index in [1.54, 1.807) is 0 Å². The molecule has 0 N–H and O–H groups in total. The Bertz CT molecular complexity index is 473. The van der Waals surface area contributed by atoms with E-state index in [4.69, 9.17) is 0 Å². The summed E-state index contributed by atoms with van der Waals surface area (Å²) in [6.45, 7) is 6.73. The van der Waals surface area contributed by atoms with E-state index < -0.39 is 0 Å². The first kappa shape index (κ1) is 12.9. The first-order valence-electron chi connectivity index (χ1n) is 7.66. The molecule has 0 aliphatic heterocycles. The topological polar surface area (TPSA) is 17.1 Å². The lowest BCUT2D eigenvalue weighted by Gasteiger charge is -2.23. The van der Waals surface area contributed by atoms with Gasteiger partial charge in [-0.15, -0.1) is 0 Å². The number of hydrogen-bond donors (Lipinski definition) is 0. The smallest absolute Gasteiger partial charge is 0.165 e. The highest BCUT2D eigenvalue weighted by Gasteiger charge is 2.47. The number of ketones is 1. The second kappa shape index (κ2) is 4.47. The fourth-order valence-corrected chi connectivity index (χ4v) is 3.45. The molecule has 1 heteroatoms. The molecule has 19 heavy (non-hydrogen) atoms. The van der Waals surface area contributed by atoms with Crippen molar-refractivity contribution >= 4 is 5.78 Å². The van der Waals surface area contributed by atoms with E-state index in [2.05, 4.69) is 32.9 Å². The molecule has 2 atom stereocenters. The quantitative estimate of drug-likeness (QED) is 0.719. The highest BCUT2D eigenvalue weighted by molar-refractivity contribution is 5.98. The van der Waals surface area contributed by atoms with Crippen molar-refractivity contribution in [3.05, 3.63) is 35.4 Å². The van der Waals surface area contributed by atoms with Crippen molar-refractivity contribution in [1.82, 2.24) is 0 Å². The first-order valence-corrected chi connectivity index (χ1v) is 7.66. The number of carbonyl (C=O) groups excluding carboxylic acids is 1. The molecule has 2 aliphatic rings. The van der Waals surface area contributed by atoms with Crippen molar-refractivity contribution in [2.24, 2.45) is 17.8 Å². The lowest BCUT2D eigenvalue weighted by atomic mass is 9.81. The van der Waals surface area contributed by atoms with Crippen LogP contribution in [0.5, 0.6) is 0 Å². The van der Waals surface area contributed by atoms with Gasteiger partial charge in [0, 0.05) is 11.5 Å². The van der Waals surface area contributed by atoms with Gasteiger partial charge in [-0.05, 0) is 48.5 Å². The van der Waals surface area contributed by atoms with Crippen LogP contribution in [0, 0.1) is 17.8 Å². The summed E-state index contributed by atoms with van der Waals surface area (Å²) in [6.07, 6.45) is 4.79. The fourth-order valence-electron chi connectivity index (χ4n) is 3.45. The zero-order valence-electron chi connectivity index (χ0n) is 12.3. The monoisotopic (exact) mass is 256 g/mol. The van der Waals surface area contributed by atoms with Crippen LogP contribution in [-0.4, -0.2) is 5.78 Å². The summed E-state index contributed by atoms with van der Waals surface area (Å²) in [4.78, 5) is 12.4. The number of hydrogen-bond acceptors (Lipinski definition) is 1. The Kier molecular flexibility index (Phi) is 3.03. The third kappa shape index (κ3) is 2.35. The van der Waals surface area contributed by atoms with Gasteiger partial charge in [0.1, 0.15) is 0 Å². The Balaban J connectivity index is 1.73. The van der Waals surface area contributed by atoms with Crippen LogP contribution >= 0.6 is 0 Å². The third-order valence-corrected chi connectivity index (χ3v) is 5.45. The Hall–Kier alpha value is -1.11. The van der Waals surface area contributed by atoms with Crippen molar-refractivity contribution in [2.75, 3.05) is 0 Å². The van der Waals surface area contributed by atoms with Crippen molar-refractivity contribution in [2.45, 2.75) is 51.9 Å². The molecule has 0 radical (unpaired) electrons. The zero-order valence-corrected chi connectivity index (χ0v) is 12.3. The highest BCUT2D eigenvalue weighted by atomic mass is 16.1. The fraction of sp³-hybridized carbons (Fsp3) is 0.611. The van der Waals surface area contributed by atoms with Gasteiger partial charge in [-0.1, -0.05) is 45.0 Å². The van der Waals surface area contributed by atoms with Crippen LogP contribution in [0.25, 0.3) is 0 Å². The molecule has 0 amide bonds. The molecular formula is C18H24O. The summed E-state index contributed by atoms with van der Waals surface area (Å²) in [5.41, 5.74) is 2.46. The van der Waals surface area contributed by atoms with Gasteiger partial charge < -0.3 is 0 Å². The number of Topliss-reactive ketones (excluding diaryl/α,β-unsaturated/α-hetero) is 1. The van der Waals surface area contributed by atoms with E-state index in [1.807, 2.05) is 12.1 Å². The number of fused-ring (bicyclic) bond motifs is 1. The van der Waals surface area contributed by atoms with E-state index in [0.29, 0.717) is 11.7 Å². The molecule has 1 aromatic rings. The molecule has 2 fully saturated rings. The molecule has 2 unspecified atom stereocenters. The lowest BCUT2D eigenvalue weighted by molar-refractivity contribution is 0.0914. The maximum Gasteiger partial charge on any atom is 0.165 e. The molecule has 2 aliphatic carbocycles. The maximum absolute atomic E-state index is 12.4. The van der Waals surface area contributed by atoms with Crippen LogP contribution in [0.4, 0.5) is 0 Å². The molecule has 3 rings (SSSR count). The van der Waals surface area contributed by atoms with Crippen molar-refractivity contribution in [3.63, 3.8) is 0 Å². The Morgan fingerprint density at radius 3 is 2.21 bits per heavy atom. The normalized spacial score (nSPS) is 29.1. The average molecular weight is 256 g/mol. The lowest BCUT2D eigenvalue weighted by Crippen LogP contribution is -2.17. The van der Waals surface area contributed by atoms with Crippen LogP contribution in [-0.2, 0) is 5.41 Å². The molecular weight excluding hydrogens is 232 g/mol. The number of carbonyl (C=O) groups is 1. The predicted octanol–water partition coefficient (Wildman–Crippen LogP) is 4.60. The molecule has 0 bridgehead atoms. The highest BCUT2D eigenvalue weighted by Crippen LogP contribution is 2.54. The molecule has 1 aromatic carbocycles. The second-order valence-corrected chi connectivity index (χ2v) is 7.10. The minimum absolute atomic E-state index is 0.205. The molecule has 2 saturated carbocycles. The van der Waals surface area contributed by atoms with Gasteiger partial charge in [0.2, 0.25) is 0 Å². The van der Waals surface area contributed by atoms with Crippen LogP contribution < -0.4 is 0 Å². The largest absolute Gasteiger partial charge is 0.294 e. The maximum atomic E-state index is 12.4. The molecule has 0 saturated heterocycles. The SMILES string of the molecule is CCC(C)(C)c1ccc(C(=O)C2CC3CC3C2)cc1. The van der Waals surface area contributed by atoms with Crippen LogP contribution in [0.1, 0.15) is 62.4 Å². The standard InChI is InChI=1S/C18H24O/c1-4-18(2,3)16-7-5-12(6-8-16)17(19)15-10-13-9-14(13)11-15/h5-8,13-15H,4,9-11H2,1-3H3. The summed E-state index contributed by atoms with van der Waals surface area (Å²) in [6, 6.07) is 8.37. The van der Waals surface area contributed by atoms with Crippen LogP contribution in [0.3, 0.4) is 0 Å². The summed E-state index contributed by atoms with van der Waals surface area (Å²) in [7, 11) is 0. The van der Waals surface area contributed by atoms with Crippen molar-refractivity contribution in [3.8, 4) is 0 Å². The van der Waals surface area contributed by atoms with E-state index >= 15 is 0 Å². The minimum Gasteiger partial charge on any atom is -0.294 e. The number of rotatable bonds is 4. The Morgan fingerprint density at radius 1 is 1.11 bits per heavy atom. The van der Waals surface area contributed by atoms with E-state index in [9.17, 15) is 4.79 Å². The summed E-state index contributed by atoms with van der Waals surface area (Å²) >= 11 is 0. The molecule has 0 spiro atoms. The number of benzene rings is 1. The summed E-state index contributed by atoms with van der Waals surface area (Å²) < 4.78 is 0. The van der Waals surface area contributed by atoms with Gasteiger partial charge in [0.15, 0.2) is 5.78 Å². The predicted molar refractivity (Wildman–Crippen MR) is 78.4 cm³/mol. The third-order valence-electron chi connectivity index (χ3n) is 5.45. The molecule has 0 aromatic heterocycles. The van der Waals surface area contributed by atoms with Crippen molar-refractivity contribution < 1.29 is 4.79 Å². The van der Waals surface area contributed by atoms with Gasteiger partial charge in [-0.3, -0.25) is 4.79 Å². The Morgan fingerprint density at radius 2 is 1.68 bits per heavy atom. The van der Waals surface area contributed by atoms with Crippen LogP contribution in [0.2, 0.25) is 0 Å². The summed E-state index contributed by atoms with van der Waals surface area (Å²) in [5.74, 6) is 2.46. The van der Waals surface area contributed by atoms with E-state index in [-0.39, 0.29) is 5.41 Å². The van der Waals surface area contributed by atoms with Gasteiger partial charge >= 0.3 is 0 Å². The summed E-state index contributed by atoms with van der Waals surface area (Å²) in [5, 5.41) is 0. The van der Waals surface area contributed by atoms with Gasteiger partial charge in [0.05, 0.1) is 0 Å². The second-order valence-electron chi connectivity index (χ2n) is 7.10. The van der Waals surface area contributed by atoms with E-state index in [0.717, 1.165) is 36.7 Å². The average Bonchev–Trinajstić information content (AvgIpc) is 3.04. The van der Waals surface area contributed by atoms with Gasteiger partial charge in [-0.2, -0.15) is 0 Å². The van der Waals surface area contributed by atoms with Gasteiger partial charge in [-0.25, -0.2) is 0 Å². The molecule has 1 nitrogen and oxygen atoms in total. The first-order chi connectivity index (χ1) is 9.01.